The molecule has 1 aliphatic rings. The van der Waals surface area contributed by atoms with Gasteiger partial charge in [-0.25, -0.2) is 0 Å². The molecule has 1 unspecified atom stereocenters. The maximum absolute atomic E-state index is 11.3. The van der Waals surface area contributed by atoms with Gasteiger partial charge in [0.05, 0.1) is 19.3 Å². The number of amides is 1. The Morgan fingerprint density at radius 1 is 1.54 bits per heavy atom. The predicted octanol–water partition coefficient (Wildman–Crippen LogP) is -0.573. The molecule has 1 fully saturated rings. The fourth-order valence-corrected chi connectivity index (χ4v) is 1.73. The van der Waals surface area contributed by atoms with E-state index in [-0.39, 0.29) is 25.0 Å². The summed E-state index contributed by atoms with van der Waals surface area (Å²) in [4.78, 5) is 12.9. The van der Waals surface area contributed by atoms with Crippen molar-refractivity contribution < 1.29 is 15.0 Å². The quantitative estimate of drug-likeness (QED) is 0.607. The number of rotatable bonds is 4. The van der Waals surface area contributed by atoms with E-state index in [1.54, 1.807) is 0 Å². The summed E-state index contributed by atoms with van der Waals surface area (Å²) in [6.07, 6.45) is 0.431. The fraction of sp³-hybridized carbons (Fsp3) is 0.875. The number of aliphatic hydroxyl groups excluding tert-OH is 2. The average Bonchev–Trinajstić information content (AvgIpc) is 2.50. The Bertz CT molecular complexity index is 184. The molecule has 5 heteroatoms. The van der Waals surface area contributed by atoms with Crippen LogP contribution in [0.5, 0.6) is 0 Å². The lowest BCUT2D eigenvalue weighted by molar-refractivity contribution is -0.131. The van der Waals surface area contributed by atoms with Gasteiger partial charge >= 0.3 is 0 Å². The van der Waals surface area contributed by atoms with Crippen molar-refractivity contribution >= 4 is 17.5 Å². The molecule has 0 radical (unpaired) electrons. The van der Waals surface area contributed by atoms with E-state index in [1.165, 1.54) is 4.90 Å². The first kappa shape index (κ1) is 10.8. The first-order chi connectivity index (χ1) is 6.22. The van der Waals surface area contributed by atoms with E-state index in [4.69, 9.17) is 21.8 Å². The van der Waals surface area contributed by atoms with Crippen molar-refractivity contribution in [2.45, 2.75) is 12.5 Å². The Labute approximate surface area is 82.1 Å². The van der Waals surface area contributed by atoms with E-state index in [1.807, 2.05) is 0 Å². The Morgan fingerprint density at radius 2 is 2.15 bits per heavy atom. The molecule has 0 bridgehead atoms. The summed E-state index contributed by atoms with van der Waals surface area (Å²) < 4.78 is 0. The lowest BCUT2D eigenvalue weighted by Gasteiger charge is -2.24. The SMILES string of the molecule is O=C1CC(CCl)CN1C(CO)CO. The lowest BCUT2D eigenvalue weighted by Crippen LogP contribution is -2.41. The molecule has 1 amide bonds. The molecule has 1 rings (SSSR count). The summed E-state index contributed by atoms with van der Waals surface area (Å²) in [5, 5.41) is 17.8. The van der Waals surface area contributed by atoms with Gasteiger partial charge in [0, 0.05) is 18.8 Å². The van der Waals surface area contributed by atoms with Gasteiger partial charge in [-0.2, -0.15) is 0 Å². The van der Waals surface area contributed by atoms with Gasteiger partial charge in [0.2, 0.25) is 5.91 Å². The topological polar surface area (TPSA) is 60.8 Å². The third-order valence-corrected chi connectivity index (χ3v) is 2.76. The van der Waals surface area contributed by atoms with Crippen molar-refractivity contribution in [3.63, 3.8) is 0 Å². The molecule has 76 valence electrons. The van der Waals surface area contributed by atoms with Gasteiger partial charge in [-0.1, -0.05) is 0 Å². The molecule has 0 aromatic heterocycles. The van der Waals surface area contributed by atoms with Crippen LogP contribution in [0.3, 0.4) is 0 Å². The van der Waals surface area contributed by atoms with E-state index < -0.39 is 6.04 Å². The zero-order valence-corrected chi connectivity index (χ0v) is 8.07. The largest absolute Gasteiger partial charge is 0.394 e. The molecule has 1 atom stereocenters. The first-order valence-electron chi connectivity index (χ1n) is 4.30. The minimum atomic E-state index is -0.458. The smallest absolute Gasteiger partial charge is 0.223 e. The number of likely N-dealkylation sites (tertiary alicyclic amines) is 1. The number of hydrogen-bond acceptors (Lipinski definition) is 3. The van der Waals surface area contributed by atoms with Crippen LogP contribution in [0, 0.1) is 5.92 Å². The lowest BCUT2D eigenvalue weighted by atomic mass is 10.1. The normalized spacial score (nSPS) is 23.2. The van der Waals surface area contributed by atoms with E-state index in [9.17, 15) is 4.79 Å². The second-order valence-electron chi connectivity index (χ2n) is 3.29. The number of hydrogen-bond donors (Lipinski definition) is 2. The molecule has 0 spiro atoms. The van der Waals surface area contributed by atoms with Gasteiger partial charge in [0.1, 0.15) is 0 Å². The van der Waals surface area contributed by atoms with Gasteiger partial charge in [-0.3, -0.25) is 4.79 Å². The van der Waals surface area contributed by atoms with Crippen LogP contribution in [0.15, 0.2) is 0 Å². The minimum absolute atomic E-state index is 0.0289. The maximum atomic E-state index is 11.3. The summed E-state index contributed by atoms with van der Waals surface area (Å²) in [6.45, 7) is 0.155. The van der Waals surface area contributed by atoms with Crippen molar-refractivity contribution in [3.8, 4) is 0 Å². The molecule has 1 aliphatic heterocycles. The predicted molar refractivity (Wildman–Crippen MR) is 48.5 cm³/mol. The maximum Gasteiger partial charge on any atom is 0.223 e. The average molecular weight is 208 g/mol. The van der Waals surface area contributed by atoms with Crippen LogP contribution < -0.4 is 0 Å². The van der Waals surface area contributed by atoms with Gasteiger partial charge in [-0.05, 0) is 5.92 Å². The summed E-state index contributed by atoms with van der Waals surface area (Å²) in [5.74, 6) is 0.583. The fourth-order valence-electron chi connectivity index (χ4n) is 1.52. The molecule has 4 nitrogen and oxygen atoms in total. The zero-order valence-electron chi connectivity index (χ0n) is 7.32. The van der Waals surface area contributed by atoms with Crippen LogP contribution in [0.2, 0.25) is 0 Å². The van der Waals surface area contributed by atoms with E-state index in [0.717, 1.165) is 0 Å². The highest BCUT2D eigenvalue weighted by atomic mass is 35.5. The molecule has 1 heterocycles. The first-order valence-corrected chi connectivity index (χ1v) is 4.83. The Kier molecular flexibility index (Phi) is 3.96. The van der Waals surface area contributed by atoms with E-state index >= 15 is 0 Å². The van der Waals surface area contributed by atoms with Crippen LogP contribution in [-0.2, 0) is 4.79 Å². The summed E-state index contributed by atoms with van der Waals surface area (Å²) in [5.41, 5.74) is 0. The summed E-state index contributed by atoms with van der Waals surface area (Å²) in [6, 6.07) is -0.458. The van der Waals surface area contributed by atoms with Gasteiger partial charge in [0.25, 0.3) is 0 Å². The van der Waals surface area contributed by atoms with Gasteiger partial charge in [0.15, 0.2) is 0 Å². The molecule has 0 saturated carbocycles. The third kappa shape index (κ3) is 2.33. The standard InChI is InChI=1S/C8H14ClNO3/c9-2-6-1-8(13)10(3-6)7(4-11)5-12/h6-7,11-12H,1-5H2. The summed E-state index contributed by atoms with van der Waals surface area (Å²) in [7, 11) is 0. The summed E-state index contributed by atoms with van der Waals surface area (Å²) >= 11 is 5.63. The van der Waals surface area contributed by atoms with Crippen molar-refractivity contribution in [1.82, 2.24) is 4.90 Å². The number of carbonyl (C=O) groups is 1. The molecular weight excluding hydrogens is 194 g/mol. The molecule has 13 heavy (non-hydrogen) atoms. The number of alkyl halides is 1. The molecular formula is C8H14ClNO3. The van der Waals surface area contributed by atoms with Crippen molar-refractivity contribution in [2.75, 3.05) is 25.6 Å². The monoisotopic (exact) mass is 207 g/mol. The van der Waals surface area contributed by atoms with Crippen LogP contribution in [0.4, 0.5) is 0 Å². The third-order valence-electron chi connectivity index (χ3n) is 2.32. The van der Waals surface area contributed by atoms with Gasteiger partial charge < -0.3 is 15.1 Å². The Balaban J connectivity index is 2.55. The Morgan fingerprint density at radius 3 is 2.54 bits per heavy atom. The number of nitrogens with zero attached hydrogens (tertiary/aromatic N) is 1. The number of halogens is 1. The highest BCUT2D eigenvalue weighted by molar-refractivity contribution is 6.18. The highest BCUT2D eigenvalue weighted by Crippen LogP contribution is 2.20. The molecule has 2 N–H and O–H groups in total. The van der Waals surface area contributed by atoms with Crippen LogP contribution in [-0.4, -0.2) is 52.7 Å². The van der Waals surface area contributed by atoms with Crippen LogP contribution in [0.25, 0.3) is 0 Å². The van der Waals surface area contributed by atoms with Crippen molar-refractivity contribution in [1.29, 1.82) is 0 Å². The second kappa shape index (κ2) is 4.79. The highest BCUT2D eigenvalue weighted by Gasteiger charge is 2.33. The van der Waals surface area contributed by atoms with Crippen molar-refractivity contribution in [2.24, 2.45) is 5.92 Å². The zero-order chi connectivity index (χ0) is 9.84. The minimum Gasteiger partial charge on any atom is -0.394 e. The van der Waals surface area contributed by atoms with Crippen molar-refractivity contribution in [3.05, 3.63) is 0 Å². The van der Waals surface area contributed by atoms with Gasteiger partial charge in [-0.15, -0.1) is 11.6 Å². The molecule has 0 aromatic carbocycles. The van der Waals surface area contributed by atoms with E-state index in [2.05, 4.69) is 0 Å². The molecule has 0 aliphatic carbocycles. The molecule has 1 saturated heterocycles. The second-order valence-corrected chi connectivity index (χ2v) is 3.60. The number of aliphatic hydroxyl groups is 2. The number of carbonyl (C=O) groups excluding carboxylic acids is 1. The van der Waals surface area contributed by atoms with E-state index in [0.29, 0.717) is 18.8 Å². The Hall–Kier alpha value is -0.320. The van der Waals surface area contributed by atoms with Crippen LogP contribution in [0.1, 0.15) is 6.42 Å². The molecule has 0 aromatic rings. The van der Waals surface area contributed by atoms with Crippen LogP contribution >= 0.6 is 11.6 Å².